The van der Waals surface area contributed by atoms with E-state index in [2.05, 4.69) is 15.6 Å². The van der Waals surface area contributed by atoms with Gasteiger partial charge in [-0.15, -0.1) is 0 Å². The Bertz CT molecular complexity index is 1230. The molecule has 1 aliphatic heterocycles. The van der Waals surface area contributed by atoms with Crippen LogP contribution in [0.2, 0.25) is 5.02 Å². The highest BCUT2D eigenvalue weighted by Crippen LogP contribution is 2.36. The summed E-state index contributed by atoms with van der Waals surface area (Å²) < 4.78 is 28.5. The number of rotatable bonds is 5. The van der Waals surface area contributed by atoms with Crippen LogP contribution in [0.3, 0.4) is 0 Å². The molecule has 7 nitrogen and oxygen atoms in total. The van der Waals surface area contributed by atoms with Gasteiger partial charge in [-0.05, 0) is 43.2 Å². The Hall–Kier alpha value is -2.84. The molecule has 0 bridgehead atoms. The molecule has 3 aromatic rings. The number of anilines is 3. The van der Waals surface area contributed by atoms with Crippen LogP contribution in [0.1, 0.15) is 23.2 Å². The Labute approximate surface area is 185 Å². The summed E-state index contributed by atoms with van der Waals surface area (Å²) in [6.07, 6.45) is 2.75. The second kappa shape index (κ2) is 8.72. The standard InChI is InChI=1S/C22H22ClN3O4S/c1-30-22(27)16-4-2-3-5-19(16)26-21-17-12-14(23)6-7-18(17)24-13-20(21)25-15-8-10-31(28,29)11-9-15/h2-7,12-13,15,25H,8-11H2,1H3,(H,24,26). The van der Waals surface area contributed by atoms with Crippen LogP contribution in [0, 0.1) is 0 Å². The van der Waals surface area contributed by atoms with Crippen LogP contribution in [-0.2, 0) is 14.6 Å². The van der Waals surface area contributed by atoms with Crippen molar-refractivity contribution in [3.05, 3.63) is 59.2 Å². The molecule has 0 atom stereocenters. The van der Waals surface area contributed by atoms with E-state index in [1.807, 2.05) is 18.2 Å². The lowest BCUT2D eigenvalue weighted by Crippen LogP contribution is -2.32. The lowest BCUT2D eigenvalue weighted by Gasteiger charge is -2.26. The van der Waals surface area contributed by atoms with Gasteiger partial charge in [-0.2, -0.15) is 0 Å². The van der Waals surface area contributed by atoms with E-state index in [0.717, 1.165) is 10.9 Å². The molecular weight excluding hydrogens is 438 g/mol. The first-order chi connectivity index (χ1) is 14.9. The van der Waals surface area contributed by atoms with Crippen molar-refractivity contribution in [2.24, 2.45) is 0 Å². The number of sulfone groups is 1. The minimum absolute atomic E-state index is 0.00152. The first-order valence-corrected chi connectivity index (χ1v) is 12.1. The number of fused-ring (bicyclic) bond motifs is 1. The number of ether oxygens (including phenoxy) is 1. The molecule has 31 heavy (non-hydrogen) atoms. The largest absolute Gasteiger partial charge is 0.465 e. The highest BCUT2D eigenvalue weighted by Gasteiger charge is 2.25. The Kier molecular flexibility index (Phi) is 6.02. The number of methoxy groups -OCH3 is 1. The fraction of sp³-hybridized carbons (Fsp3) is 0.273. The number of carbonyl (C=O) groups excluding carboxylic acids is 1. The summed E-state index contributed by atoms with van der Waals surface area (Å²) in [6.45, 7) is 0. The third kappa shape index (κ3) is 4.75. The van der Waals surface area contributed by atoms with E-state index in [0.29, 0.717) is 40.5 Å². The van der Waals surface area contributed by atoms with Gasteiger partial charge in [-0.3, -0.25) is 4.98 Å². The van der Waals surface area contributed by atoms with Crippen molar-refractivity contribution >= 4 is 55.4 Å². The lowest BCUT2D eigenvalue weighted by molar-refractivity contribution is 0.0602. The molecule has 162 valence electrons. The number of hydrogen-bond donors (Lipinski definition) is 2. The number of nitrogens with one attached hydrogen (secondary N) is 2. The second-order valence-corrected chi connectivity index (χ2v) is 10.2. The molecule has 0 aliphatic carbocycles. The number of nitrogens with zero attached hydrogens (tertiary/aromatic N) is 1. The summed E-state index contributed by atoms with van der Waals surface area (Å²) in [4.78, 5) is 16.8. The molecule has 0 saturated carbocycles. The smallest absolute Gasteiger partial charge is 0.339 e. The normalized spacial score (nSPS) is 16.1. The molecule has 0 radical (unpaired) electrons. The van der Waals surface area contributed by atoms with Crippen LogP contribution in [-0.4, -0.2) is 44.0 Å². The van der Waals surface area contributed by atoms with Crippen LogP contribution >= 0.6 is 11.6 Å². The van der Waals surface area contributed by atoms with Gasteiger partial charge in [0.1, 0.15) is 9.84 Å². The summed E-state index contributed by atoms with van der Waals surface area (Å²) >= 11 is 6.26. The number of halogens is 1. The van der Waals surface area contributed by atoms with Gasteiger partial charge in [0.25, 0.3) is 0 Å². The fourth-order valence-corrected chi connectivity index (χ4v) is 5.34. The fourth-order valence-electron chi connectivity index (χ4n) is 3.68. The molecule has 0 unspecified atom stereocenters. The molecule has 0 amide bonds. The summed E-state index contributed by atoms with van der Waals surface area (Å²) in [5.74, 6) is -0.136. The summed E-state index contributed by atoms with van der Waals surface area (Å²) in [5, 5.41) is 8.12. The van der Waals surface area contributed by atoms with Gasteiger partial charge in [-0.1, -0.05) is 23.7 Å². The predicted molar refractivity (Wildman–Crippen MR) is 123 cm³/mol. The summed E-state index contributed by atoms with van der Waals surface area (Å²) in [7, 11) is -1.63. The van der Waals surface area contributed by atoms with Crippen molar-refractivity contribution < 1.29 is 17.9 Å². The van der Waals surface area contributed by atoms with Gasteiger partial charge >= 0.3 is 5.97 Å². The molecule has 4 rings (SSSR count). The van der Waals surface area contributed by atoms with Crippen LogP contribution in [0.25, 0.3) is 10.9 Å². The number of pyridine rings is 1. The quantitative estimate of drug-likeness (QED) is 0.545. The van der Waals surface area contributed by atoms with Crippen molar-refractivity contribution in [3.8, 4) is 0 Å². The SMILES string of the molecule is COC(=O)c1ccccc1Nc1c(NC2CCS(=O)(=O)CC2)cnc2ccc(Cl)cc12. The molecule has 1 aromatic heterocycles. The highest BCUT2D eigenvalue weighted by atomic mass is 35.5. The molecular formula is C22H22ClN3O4S. The third-order valence-electron chi connectivity index (χ3n) is 5.34. The minimum Gasteiger partial charge on any atom is -0.465 e. The molecule has 2 N–H and O–H groups in total. The van der Waals surface area contributed by atoms with E-state index in [1.54, 1.807) is 30.5 Å². The van der Waals surface area contributed by atoms with Gasteiger partial charge in [0.2, 0.25) is 0 Å². The molecule has 2 heterocycles. The number of carbonyl (C=O) groups is 1. The molecule has 9 heteroatoms. The molecule has 1 fully saturated rings. The van der Waals surface area contributed by atoms with Crippen molar-refractivity contribution in [1.29, 1.82) is 0 Å². The minimum atomic E-state index is -2.97. The molecule has 1 saturated heterocycles. The topological polar surface area (TPSA) is 97.4 Å². The maximum atomic E-state index is 12.2. The zero-order valence-electron chi connectivity index (χ0n) is 16.9. The van der Waals surface area contributed by atoms with Gasteiger partial charge in [0, 0.05) is 16.5 Å². The van der Waals surface area contributed by atoms with E-state index in [-0.39, 0.29) is 17.5 Å². The lowest BCUT2D eigenvalue weighted by atomic mass is 10.1. The Morgan fingerprint density at radius 1 is 1.13 bits per heavy atom. The highest BCUT2D eigenvalue weighted by molar-refractivity contribution is 7.91. The molecule has 1 aliphatic rings. The number of esters is 1. The summed E-state index contributed by atoms with van der Waals surface area (Å²) in [5.41, 5.74) is 3.12. The Morgan fingerprint density at radius 2 is 1.87 bits per heavy atom. The maximum Gasteiger partial charge on any atom is 0.339 e. The average Bonchev–Trinajstić information content (AvgIpc) is 2.76. The van der Waals surface area contributed by atoms with Crippen molar-refractivity contribution in [3.63, 3.8) is 0 Å². The first kappa shape index (κ1) is 21.4. The van der Waals surface area contributed by atoms with Crippen molar-refractivity contribution in [1.82, 2.24) is 4.98 Å². The van der Waals surface area contributed by atoms with Crippen LogP contribution in [0.4, 0.5) is 17.1 Å². The van der Waals surface area contributed by atoms with Crippen LogP contribution in [0.15, 0.2) is 48.7 Å². The maximum absolute atomic E-state index is 12.2. The van der Waals surface area contributed by atoms with E-state index in [4.69, 9.17) is 16.3 Å². The van der Waals surface area contributed by atoms with Crippen LogP contribution in [0.5, 0.6) is 0 Å². The van der Waals surface area contributed by atoms with Crippen LogP contribution < -0.4 is 10.6 Å². The predicted octanol–water partition coefficient (Wildman–Crippen LogP) is 4.41. The number of aromatic nitrogens is 1. The number of para-hydroxylation sites is 1. The van der Waals surface area contributed by atoms with Crippen molar-refractivity contribution in [2.45, 2.75) is 18.9 Å². The first-order valence-electron chi connectivity index (χ1n) is 9.86. The van der Waals surface area contributed by atoms with Gasteiger partial charge in [-0.25, -0.2) is 13.2 Å². The van der Waals surface area contributed by atoms with Gasteiger partial charge < -0.3 is 15.4 Å². The zero-order chi connectivity index (χ0) is 22.0. The average molecular weight is 460 g/mol. The Morgan fingerprint density at radius 3 is 2.61 bits per heavy atom. The Balaban J connectivity index is 1.76. The summed E-state index contributed by atoms with van der Waals surface area (Å²) in [6, 6.07) is 12.5. The number of benzene rings is 2. The van der Waals surface area contributed by atoms with Gasteiger partial charge in [0.15, 0.2) is 0 Å². The van der Waals surface area contributed by atoms with E-state index in [1.165, 1.54) is 7.11 Å². The molecule has 2 aromatic carbocycles. The second-order valence-electron chi connectivity index (χ2n) is 7.44. The number of hydrogen-bond acceptors (Lipinski definition) is 7. The van der Waals surface area contributed by atoms with E-state index in [9.17, 15) is 13.2 Å². The van der Waals surface area contributed by atoms with Crippen molar-refractivity contribution in [2.75, 3.05) is 29.2 Å². The molecule has 0 spiro atoms. The van der Waals surface area contributed by atoms with E-state index >= 15 is 0 Å². The zero-order valence-corrected chi connectivity index (χ0v) is 18.5. The van der Waals surface area contributed by atoms with E-state index < -0.39 is 15.8 Å². The third-order valence-corrected chi connectivity index (χ3v) is 7.29. The van der Waals surface area contributed by atoms with Gasteiger partial charge in [0.05, 0.1) is 53.0 Å². The monoisotopic (exact) mass is 459 g/mol.